The van der Waals surface area contributed by atoms with E-state index in [9.17, 15) is 8.42 Å². The van der Waals surface area contributed by atoms with Gasteiger partial charge in [-0.3, -0.25) is 0 Å². The van der Waals surface area contributed by atoms with Gasteiger partial charge in [-0.05, 0) is 12.1 Å². The van der Waals surface area contributed by atoms with E-state index in [0.29, 0.717) is 13.2 Å². The van der Waals surface area contributed by atoms with Gasteiger partial charge in [0.1, 0.15) is 10.7 Å². The van der Waals surface area contributed by atoms with Gasteiger partial charge in [-0.1, -0.05) is 0 Å². The number of hydrogen-bond acceptors (Lipinski definition) is 6. The Labute approximate surface area is 126 Å². The molecule has 0 spiro atoms. The number of morpholine rings is 1. The monoisotopic (exact) mass is 314 g/mol. The molecule has 7 nitrogen and oxygen atoms in total. The molecular weight excluding hydrogens is 292 g/mol. The molecule has 1 saturated heterocycles. The Morgan fingerprint density at radius 2 is 2.14 bits per heavy atom. The van der Waals surface area contributed by atoms with Crippen molar-refractivity contribution < 1.29 is 13.2 Å². The van der Waals surface area contributed by atoms with E-state index in [2.05, 4.69) is 10.3 Å². The molecule has 0 aromatic carbocycles. The largest absolute Gasteiger partial charge is 0.374 e. The van der Waals surface area contributed by atoms with Crippen molar-refractivity contribution >= 4 is 15.8 Å². The van der Waals surface area contributed by atoms with E-state index >= 15 is 0 Å². The second-order valence-corrected chi connectivity index (χ2v) is 7.37. The summed E-state index contributed by atoms with van der Waals surface area (Å²) in [7, 11) is 1.49. The second kappa shape index (κ2) is 6.69. The Morgan fingerprint density at radius 1 is 1.38 bits per heavy atom. The third-order valence-electron chi connectivity index (χ3n) is 3.37. The molecule has 1 aromatic rings. The van der Waals surface area contributed by atoms with E-state index in [1.54, 1.807) is 12.1 Å². The minimum Gasteiger partial charge on any atom is -0.374 e. The van der Waals surface area contributed by atoms with Crippen LogP contribution in [0, 0.1) is 0 Å². The molecule has 1 unspecified atom stereocenters. The summed E-state index contributed by atoms with van der Waals surface area (Å²) in [5, 5.41) is 3.28. The molecule has 118 valence electrons. The van der Waals surface area contributed by atoms with Crippen LogP contribution >= 0.6 is 0 Å². The predicted molar refractivity (Wildman–Crippen MR) is 81.0 cm³/mol. The fraction of sp³-hybridized carbons (Fsp3) is 0.615. The van der Waals surface area contributed by atoms with Crippen LogP contribution in [0.25, 0.3) is 0 Å². The highest BCUT2D eigenvalue weighted by atomic mass is 32.2. The molecule has 0 radical (unpaired) electrons. The summed E-state index contributed by atoms with van der Waals surface area (Å²) in [6.07, 6.45) is 1.51. The van der Waals surface area contributed by atoms with Crippen LogP contribution in [0.4, 0.5) is 5.82 Å². The van der Waals surface area contributed by atoms with Gasteiger partial charge >= 0.3 is 0 Å². The highest BCUT2D eigenvalue weighted by Crippen LogP contribution is 2.16. The SMILES string of the molecule is CN(CC1CNCCO1)c1ccc(S(=O)(=O)N(C)C)cn1. The molecule has 2 heterocycles. The Morgan fingerprint density at radius 3 is 2.67 bits per heavy atom. The number of anilines is 1. The van der Waals surface area contributed by atoms with Crippen LogP contribution in [-0.2, 0) is 14.8 Å². The van der Waals surface area contributed by atoms with Gasteiger partial charge in [-0.25, -0.2) is 17.7 Å². The second-order valence-electron chi connectivity index (χ2n) is 5.22. The topological polar surface area (TPSA) is 74.8 Å². The predicted octanol–water partition coefficient (Wildman–Crippen LogP) is -0.243. The van der Waals surface area contributed by atoms with E-state index in [0.717, 1.165) is 18.9 Å². The number of nitrogens with one attached hydrogen (secondary N) is 1. The number of hydrogen-bond donors (Lipinski definition) is 1. The fourth-order valence-electron chi connectivity index (χ4n) is 2.10. The standard InChI is InChI=1S/C13H22N4O3S/c1-16(2)21(18,19)12-4-5-13(15-9-12)17(3)10-11-8-14-6-7-20-11/h4-5,9,11,14H,6-8,10H2,1-3H3. The maximum absolute atomic E-state index is 12.0. The lowest BCUT2D eigenvalue weighted by molar-refractivity contribution is 0.0339. The van der Waals surface area contributed by atoms with Crippen LogP contribution in [0.3, 0.4) is 0 Å². The number of pyridine rings is 1. The average Bonchev–Trinajstić information content (AvgIpc) is 2.48. The van der Waals surface area contributed by atoms with E-state index in [4.69, 9.17) is 4.74 Å². The third-order valence-corrected chi connectivity index (χ3v) is 5.17. The first-order valence-electron chi connectivity index (χ1n) is 6.83. The van der Waals surface area contributed by atoms with Gasteiger partial charge in [0.2, 0.25) is 10.0 Å². The van der Waals surface area contributed by atoms with Crippen molar-refractivity contribution in [2.75, 3.05) is 52.3 Å². The molecule has 2 rings (SSSR count). The minimum absolute atomic E-state index is 0.121. The molecule has 0 aliphatic carbocycles. The number of aromatic nitrogens is 1. The van der Waals surface area contributed by atoms with Crippen molar-refractivity contribution in [3.05, 3.63) is 18.3 Å². The van der Waals surface area contributed by atoms with Crippen LogP contribution < -0.4 is 10.2 Å². The number of sulfonamides is 1. The lowest BCUT2D eigenvalue weighted by Crippen LogP contribution is -2.44. The summed E-state index contributed by atoms with van der Waals surface area (Å²) >= 11 is 0. The molecular formula is C13H22N4O3S. The normalized spacial score (nSPS) is 19.7. The van der Waals surface area contributed by atoms with Crippen LogP contribution in [0.2, 0.25) is 0 Å². The summed E-state index contributed by atoms with van der Waals surface area (Å²) in [5.74, 6) is 0.724. The first kappa shape index (κ1) is 16.2. The van der Waals surface area contributed by atoms with Crippen LogP contribution in [-0.4, -0.2) is 71.2 Å². The minimum atomic E-state index is -3.43. The Bertz CT molecular complexity index is 553. The van der Waals surface area contributed by atoms with Crippen molar-refractivity contribution in [1.82, 2.24) is 14.6 Å². The van der Waals surface area contributed by atoms with Gasteiger partial charge in [0.25, 0.3) is 0 Å². The molecule has 1 atom stereocenters. The molecule has 21 heavy (non-hydrogen) atoms. The zero-order valence-electron chi connectivity index (χ0n) is 12.6. The van der Waals surface area contributed by atoms with Gasteiger partial charge < -0.3 is 15.0 Å². The van der Waals surface area contributed by atoms with Gasteiger partial charge in [0.15, 0.2) is 0 Å². The first-order valence-corrected chi connectivity index (χ1v) is 8.27. The van der Waals surface area contributed by atoms with E-state index in [1.807, 2.05) is 11.9 Å². The molecule has 1 fully saturated rings. The summed E-state index contributed by atoms with van der Waals surface area (Å²) in [5.41, 5.74) is 0. The molecule has 0 amide bonds. The maximum Gasteiger partial charge on any atom is 0.244 e. The fourth-order valence-corrected chi connectivity index (χ4v) is 2.95. The van der Waals surface area contributed by atoms with Crippen molar-refractivity contribution in [2.24, 2.45) is 0 Å². The van der Waals surface area contributed by atoms with Gasteiger partial charge in [-0.2, -0.15) is 0 Å². The lowest BCUT2D eigenvalue weighted by Gasteiger charge is -2.28. The Hall–Kier alpha value is -1.22. The molecule has 0 saturated carbocycles. The summed E-state index contributed by atoms with van der Waals surface area (Å²) in [6.45, 7) is 3.12. The highest BCUT2D eigenvalue weighted by Gasteiger charge is 2.19. The van der Waals surface area contributed by atoms with Gasteiger partial charge in [0.05, 0.1) is 12.7 Å². The number of likely N-dealkylation sites (N-methyl/N-ethyl adjacent to an activating group) is 1. The van der Waals surface area contributed by atoms with Crippen molar-refractivity contribution in [3.8, 4) is 0 Å². The average molecular weight is 314 g/mol. The van der Waals surface area contributed by atoms with Gasteiger partial charge in [0, 0.05) is 47.0 Å². The van der Waals surface area contributed by atoms with E-state index < -0.39 is 10.0 Å². The smallest absolute Gasteiger partial charge is 0.244 e. The Balaban J connectivity index is 2.04. The number of ether oxygens (including phenoxy) is 1. The van der Waals surface area contributed by atoms with Gasteiger partial charge in [-0.15, -0.1) is 0 Å². The number of rotatable bonds is 5. The Kier molecular flexibility index (Phi) is 5.15. The quantitative estimate of drug-likeness (QED) is 0.808. The van der Waals surface area contributed by atoms with Crippen molar-refractivity contribution in [2.45, 2.75) is 11.0 Å². The summed E-state index contributed by atoms with van der Waals surface area (Å²) in [6, 6.07) is 3.29. The molecule has 1 aliphatic rings. The lowest BCUT2D eigenvalue weighted by atomic mass is 10.3. The highest BCUT2D eigenvalue weighted by molar-refractivity contribution is 7.89. The van der Waals surface area contributed by atoms with E-state index in [1.165, 1.54) is 24.6 Å². The maximum atomic E-state index is 12.0. The van der Waals surface area contributed by atoms with Crippen LogP contribution in [0.15, 0.2) is 23.2 Å². The van der Waals surface area contributed by atoms with Crippen molar-refractivity contribution in [1.29, 1.82) is 0 Å². The van der Waals surface area contributed by atoms with Crippen LogP contribution in [0.1, 0.15) is 0 Å². The molecule has 1 aromatic heterocycles. The third kappa shape index (κ3) is 3.91. The van der Waals surface area contributed by atoms with Crippen LogP contribution in [0.5, 0.6) is 0 Å². The summed E-state index contributed by atoms with van der Waals surface area (Å²) in [4.78, 5) is 6.39. The molecule has 8 heteroatoms. The molecule has 1 N–H and O–H groups in total. The first-order chi connectivity index (χ1) is 9.91. The van der Waals surface area contributed by atoms with Crippen molar-refractivity contribution in [3.63, 3.8) is 0 Å². The molecule has 0 bridgehead atoms. The summed E-state index contributed by atoms with van der Waals surface area (Å²) < 4.78 is 30.8. The van der Waals surface area contributed by atoms with E-state index in [-0.39, 0.29) is 11.0 Å². The zero-order valence-corrected chi connectivity index (χ0v) is 13.4. The zero-order chi connectivity index (χ0) is 15.5. The molecule has 1 aliphatic heterocycles. The number of nitrogens with zero attached hydrogens (tertiary/aromatic N) is 3.